The molecule has 0 bridgehead atoms. The maximum absolute atomic E-state index is 14.9. The van der Waals surface area contributed by atoms with Gasteiger partial charge in [-0.2, -0.15) is 0 Å². The number of hydrogen-bond donors (Lipinski definition) is 0. The van der Waals surface area contributed by atoms with Crippen molar-refractivity contribution in [3.05, 3.63) is 209 Å². The highest BCUT2D eigenvalue weighted by atomic mass is 35.5. The Hall–Kier alpha value is -9.66. The first-order chi connectivity index (χ1) is 61.9. The molecule has 0 aliphatic heterocycles. The number of esters is 6. The first-order valence-electron chi connectivity index (χ1n) is 45.5. The van der Waals surface area contributed by atoms with Crippen molar-refractivity contribution >= 4 is 138 Å². The summed E-state index contributed by atoms with van der Waals surface area (Å²) in [4.78, 5) is 89.7. The Morgan fingerprint density at radius 3 is 0.439 bits per heavy atom. The fourth-order valence-corrected chi connectivity index (χ4v) is 16.1. The van der Waals surface area contributed by atoms with Gasteiger partial charge in [0, 0.05) is 0 Å². The van der Waals surface area contributed by atoms with Crippen molar-refractivity contribution in [2.75, 3.05) is 0 Å². The molecule has 0 N–H and O–H groups in total. The fourth-order valence-electron chi connectivity index (χ4n) is 14.8. The molecule has 6 atom stereocenters. The Labute approximate surface area is 808 Å². The molecular weight excluding hydrogens is 1800 g/mol. The SMILES string of the molecule is CCC(C)(C)c1ccc(OC(C)CC(=O)Oc2cc3c4cc(OC(=O)CC(C)Oc5ccc(C(C)(C)CC)cc5Cl)c(OC(=O)CC(C)Oc5ccc(C(C)(C)CC)cc5Cl)cc4c4cc(OC(=O)CC(C)Oc5ccc(C(C)(C)CC)cc5Cl)c(OC(=O)CC(C)Oc5ccc(C(C)(C)CC)cc5Cl)cc4c3cc2OC(=O)CC(C)Oc2ccc(C(C)(C)CC)cc2Cl)c(Cl)c1. The Morgan fingerprint density at radius 2 is 0.333 bits per heavy atom. The molecule has 0 radical (unpaired) electrons. The third kappa shape index (κ3) is 26.5. The van der Waals surface area contributed by atoms with Gasteiger partial charge in [-0.25, -0.2) is 0 Å². The maximum Gasteiger partial charge on any atom is 0.315 e. The predicted octanol–water partition coefficient (Wildman–Crippen LogP) is 29.8. The van der Waals surface area contributed by atoms with Gasteiger partial charge in [0.25, 0.3) is 0 Å². The minimum Gasteiger partial charge on any atom is -0.489 e. The van der Waals surface area contributed by atoms with E-state index in [-0.39, 0.29) is 138 Å². The number of halogens is 6. The van der Waals surface area contributed by atoms with Gasteiger partial charge in [-0.05, 0) is 287 Å². The molecule has 0 amide bonds. The zero-order valence-corrected chi connectivity index (χ0v) is 85.0. The number of ether oxygens (including phenoxy) is 12. The van der Waals surface area contributed by atoms with Crippen LogP contribution in [0, 0.1) is 0 Å². The Balaban J connectivity index is 1.18. The molecule has 0 saturated heterocycles. The summed E-state index contributed by atoms with van der Waals surface area (Å²) in [5, 5.41) is 3.22. The standard InChI is InChI=1S/C108H126Cl6O18/c1-25-103(13,14)67-31-37-85(79(109)49-67)121-61(7)43-97(115)127-91-55-73-74(56-92(91)128-98(116)44-62(8)122-86-38-32-68(50-80(86)110)104(15,16)26-2)76-58-94(130-100(118)46-64(10)124-88-40-34-70(52-82(88)112)106(19,20)28-4)96(132-102(120)48-66(12)126-90-42-36-72(54-84(90)114)108(23,24)30-6)60-78(76)77-59-95(131-101(119)47-65(11)125-89-41-35-71(53-83(89)113)107(21,22)29-5)93(57-75(73)77)129-99(117)45-63(9)123-87-39-33-69(51-81(87)111)105(17,18)27-3/h31-42,49-66H,25-30,43-48H2,1-24H3. The second kappa shape index (κ2) is 43.8. The van der Waals surface area contributed by atoms with Crippen LogP contribution in [0.4, 0.5) is 0 Å². The van der Waals surface area contributed by atoms with Gasteiger partial charge in [0.2, 0.25) is 0 Å². The van der Waals surface area contributed by atoms with E-state index in [1.165, 1.54) is 36.4 Å². The molecule has 0 spiro atoms. The summed E-state index contributed by atoms with van der Waals surface area (Å²) in [5.41, 5.74) is 4.72. The molecule has 10 aromatic rings. The molecule has 0 aliphatic rings. The highest BCUT2D eigenvalue weighted by molar-refractivity contribution is 6.34. The molecule has 0 aromatic heterocycles. The number of carbonyl (C=O) groups is 6. The van der Waals surface area contributed by atoms with Crippen LogP contribution in [0.1, 0.15) is 277 Å². The quantitative estimate of drug-likeness (QED) is 0.0198. The molecular formula is C108H126Cl6O18. The van der Waals surface area contributed by atoms with E-state index in [4.69, 9.17) is 126 Å². The Kier molecular flexibility index (Phi) is 34.6. The predicted molar refractivity (Wildman–Crippen MR) is 530 cm³/mol. The molecule has 132 heavy (non-hydrogen) atoms. The van der Waals surface area contributed by atoms with Crippen molar-refractivity contribution in [2.45, 2.75) is 312 Å². The number of fused-ring (bicyclic) bond motifs is 6. The van der Waals surface area contributed by atoms with E-state index >= 15 is 0 Å². The van der Waals surface area contributed by atoms with Gasteiger partial charge in [0.05, 0.1) is 68.7 Å². The van der Waals surface area contributed by atoms with Crippen LogP contribution < -0.4 is 56.8 Å². The zero-order chi connectivity index (χ0) is 97.2. The number of hydrogen-bond acceptors (Lipinski definition) is 18. The van der Waals surface area contributed by atoms with Crippen LogP contribution in [0.3, 0.4) is 0 Å². The van der Waals surface area contributed by atoms with Crippen LogP contribution in [-0.2, 0) is 61.3 Å². The van der Waals surface area contributed by atoms with E-state index in [1.807, 2.05) is 72.8 Å². The second-order valence-electron chi connectivity index (χ2n) is 38.5. The smallest absolute Gasteiger partial charge is 0.315 e. The largest absolute Gasteiger partial charge is 0.489 e. The van der Waals surface area contributed by atoms with Crippen LogP contribution >= 0.6 is 69.6 Å². The van der Waals surface area contributed by atoms with E-state index in [9.17, 15) is 28.8 Å². The van der Waals surface area contributed by atoms with E-state index in [2.05, 4.69) is 125 Å². The monoisotopic (exact) mass is 1920 g/mol. The third-order valence-electron chi connectivity index (χ3n) is 25.7. The lowest BCUT2D eigenvalue weighted by Gasteiger charge is -2.24. The van der Waals surface area contributed by atoms with Crippen molar-refractivity contribution in [3.63, 3.8) is 0 Å². The van der Waals surface area contributed by atoms with Gasteiger partial charge >= 0.3 is 35.8 Å². The Bertz CT molecular complexity index is 4960. The van der Waals surface area contributed by atoms with Crippen LogP contribution in [0.5, 0.6) is 69.0 Å². The lowest BCUT2D eigenvalue weighted by molar-refractivity contribution is -0.138. The van der Waals surface area contributed by atoms with Gasteiger partial charge in [-0.3, -0.25) is 28.8 Å². The van der Waals surface area contributed by atoms with Crippen molar-refractivity contribution in [1.82, 2.24) is 0 Å². The number of rotatable bonds is 42. The van der Waals surface area contributed by atoms with E-state index in [0.29, 0.717) is 64.6 Å². The van der Waals surface area contributed by atoms with Gasteiger partial charge < -0.3 is 56.8 Å². The molecule has 24 heteroatoms. The van der Waals surface area contributed by atoms with Crippen molar-refractivity contribution in [1.29, 1.82) is 0 Å². The average Bonchev–Trinajstić information content (AvgIpc) is 0.720. The Morgan fingerprint density at radius 1 is 0.212 bits per heavy atom. The number of carbonyl (C=O) groups excluding carboxylic acids is 6. The van der Waals surface area contributed by atoms with E-state index in [0.717, 1.165) is 71.9 Å². The first kappa shape index (κ1) is 104. The molecule has 6 unspecified atom stereocenters. The average molecular weight is 1920 g/mol. The highest BCUT2D eigenvalue weighted by Crippen LogP contribution is 2.50. The lowest BCUT2D eigenvalue weighted by Crippen LogP contribution is -2.23. The van der Waals surface area contributed by atoms with Crippen molar-refractivity contribution < 1.29 is 85.6 Å². The van der Waals surface area contributed by atoms with Crippen LogP contribution in [0.25, 0.3) is 32.3 Å². The first-order valence-corrected chi connectivity index (χ1v) is 47.8. The molecule has 0 heterocycles. The topological polar surface area (TPSA) is 213 Å². The molecule has 18 nitrogen and oxygen atoms in total. The third-order valence-corrected chi connectivity index (χ3v) is 27.5. The van der Waals surface area contributed by atoms with E-state index in [1.54, 1.807) is 77.9 Å². The summed E-state index contributed by atoms with van der Waals surface area (Å²) in [5.74, 6) is -4.92. The molecule has 10 aromatic carbocycles. The summed E-state index contributed by atoms with van der Waals surface area (Å²) in [7, 11) is 0. The van der Waals surface area contributed by atoms with Crippen molar-refractivity contribution in [3.8, 4) is 69.0 Å². The highest BCUT2D eigenvalue weighted by Gasteiger charge is 2.33. The molecule has 0 fully saturated rings. The lowest BCUT2D eigenvalue weighted by atomic mass is 9.82. The normalized spacial score (nSPS) is 13.6. The molecule has 0 aliphatic carbocycles. The summed E-state index contributed by atoms with van der Waals surface area (Å²) in [6, 6.07) is 41.9. The molecule has 708 valence electrons. The van der Waals surface area contributed by atoms with E-state index < -0.39 is 72.4 Å². The minimum atomic E-state index is -0.867. The second-order valence-corrected chi connectivity index (χ2v) is 40.9. The molecule has 0 saturated carbocycles. The van der Waals surface area contributed by atoms with Crippen molar-refractivity contribution in [2.24, 2.45) is 0 Å². The minimum absolute atomic E-state index is 0.203. The van der Waals surface area contributed by atoms with Gasteiger partial charge in [0.1, 0.15) is 71.1 Å². The van der Waals surface area contributed by atoms with Gasteiger partial charge in [-0.1, -0.05) is 231 Å². The molecule has 10 rings (SSSR count). The summed E-state index contributed by atoms with van der Waals surface area (Å²) >= 11 is 41.5. The van der Waals surface area contributed by atoms with Crippen LogP contribution in [0.15, 0.2) is 146 Å². The zero-order valence-electron chi connectivity index (χ0n) is 80.4. The summed E-state index contributed by atoms with van der Waals surface area (Å²) < 4.78 is 76.7. The van der Waals surface area contributed by atoms with Gasteiger partial charge in [0.15, 0.2) is 34.5 Å². The number of benzene rings is 10. The summed E-state index contributed by atoms with van der Waals surface area (Å²) in [6.07, 6.45) is -2.48. The summed E-state index contributed by atoms with van der Waals surface area (Å²) in [6.45, 7) is 47.9. The maximum atomic E-state index is 14.9. The van der Waals surface area contributed by atoms with Crippen LogP contribution in [-0.4, -0.2) is 72.4 Å². The van der Waals surface area contributed by atoms with Gasteiger partial charge in [-0.15, -0.1) is 0 Å². The van der Waals surface area contributed by atoms with Crippen LogP contribution in [0.2, 0.25) is 30.1 Å². The fraction of sp³-hybridized carbons (Fsp3) is 0.444.